The molecule has 2 amide bonds. The number of hydrogen-bond donors (Lipinski definition) is 1. The van der Waals surface area contributed by atoms with E-state index in [4.69, 9.17) is 4.42 Å². The summed E-state index contributed by atoms with van der Waals surface area (Å²) >= 11 is 0. The Morgan fingerprint density at radius 1 is 1.06 bits per heavy atom. The molecule has 2 heterocycles. The van der Waals surface area contributed by atoms with Gasteiger partial charge in [0.15, 0.2) is 5.76 Å². The summed E-state index contributed by atoms with van der Waals surface area (Å²) in [4.78, 5) is 27.7. The van der Waals surface area contributed by atoms with Crippen LogP contribution in [0, 0.1) is 6.92 Å². The first-order valence-electron chi connectivity index (χ1n) is 12.4. The molecule has 0 spiro atoms. The van der Waals surface area contributed by atoms with Gasteiger partial charge in [0.05, 0.1) is 13.1 Å². The fourth-order valence-corrected chi connectivity index (χ4v) is 4.70. The Balaban J connectivity index is 1.42. The average molecular weight is 462 g/mol. The topological polar surface area (TPSA) is 67.5 Å². The molecule has 0 radical (unpaired) electrons. The molecule has 2 aromatic heterocycles. The first-order chi connectivity index (χ1) is 16.5. The maximum atomic E-state index is 13.2. The molecule has 1 aliphatic rings. The maximum absolute atomic E-state index is 13.2. The monoisotopic (exact) mass is 461 g/mol. The molecular weight excluding hydrogens is 426 g/mol. The van der Waals surface area contributed by atoms with Crippen molar-refractivity contribution in [2.24, 2.45) is 0 Å². The van der Waals surface area contributed by atoms with Gasteiger partial charge < -0.3 is 19.2 Å². The van der Waals surface area contributed by atoms with Crippen LogP contribution in [0.1, 0.15) is 83.4 Å². The standard InChI is InChI=1S/C28H35N3O3/c1-3-17-31(28(33)25-14-8-7-10-21(25)2)19-23-13-9-18-30(23)20-24-15-16-26(34-24)27(32)29-22-11-5-4-6-12-22/h7-10,13-16,18,22H,3-6,11-12,17,19-20H2,1-2H3,(H,29,32). The minimum atomic E-state index is -0.135. The zero-order chi connectivity index (χ0) is 23.9. The molecule has 0 bridgehead atoms. The zero-order valence-corrected chi connectivity index (χ0v) is 20.3. The Morgan fingerprint density at radius 3 is 2.62 bits per heavy atom. The lowest BCUT2D eigenvalue weighted by Gasteiger charge is -2.24. The molecule has 0 atom stereocenters. The van der Waals surface area contributed by atoms with Crippen LogP contribution >= 0.6 is 0 Å². The van der Waals surface area contributed by atoms with Gasteiger partial charge in [-0.3, -0.25) is 9.59 Å². The number of aryl methyl sites for hydroxylation is 1. The molecule has 180 valence electrons. The van der Waals surface area contributed by atoms with Gasteiger partial charge in [0.25, 0.3) is 11.8 Å². The van der Waals surface area contributed by atoms with Crippen LogP contribution < -0.4 is 5.32 Å². The van der Waals surface area contributed by atoms with E-state index < -0.39 is 0 Å². The van der Waals surface area contributed by atoms with E-state index in [-0.39, 0.29) is 17.9 Å². The number of carbonyl (C=O) groups excluding carboxylic acids is 2. The number of hydrogen-bond acceptors (Lipinski definition) is 3. The van der Waals surface area contributed by atoms with E-state index in [0.717, 1.165) is 41.8 Å². The van der Waals surface area contributed by atoms with Crippen LogP contribution in [0.25, 0.3) is 0 Å². The summed E-state index contributed by atoms with van der Waals surface area (Å²) in [6.07, 6.45) is 8.56. The van der Waals surface area contributed by atoms with Gasteiger partial charge in [0.1, 0.15) is 5.76 Å². The van der Waals surface area contributed by atoms with Crippen molar-refractivity contribution in [1.82, 2.24) is 14.8 Å². The summed E-state index contributed by atoms with van der Waals surface area (Å²) in [5, 5.41) is 3.11. The van der Waals surface area contributed by atoms with Gasteiger partial charge in [-0.15, -0.1) is 0 Å². The number of nitrogens with one attached hydrogen (secondary N) is 1. The summed E-state index contributed by atoms with van der Waals surface area (Å²) in [6.45, 7) is 5.77. The van der Waals surface area contributed by atoms with Crippen molar-refractivity contribution in [3.63, 3.8) is 0 Å². The van der Waals surface area contributed by atoms with E-state index in [1.807, 2.05) is 60.5 Å². The van der Waals surface area contributed by atoms with E-state index >= 15 is 0 Å². The number of carbonyl (C=O) groups is 2. The fraction of sp³-hybridized carbons (Fsp3) is 0.429. The van der Waals surface area contributed by atoms with Gasteiger partial charge in [0, 0.05) is 30.0 Å². The lowest BCUT2D eigenvalue weighted by molar-refractivity contribution is 0.0738. The second-order valence-corrected chi connectivity index (χ2v) is 9.24. The molecule has 1 fully saturated rings. The molecule has 1 aliphatic carbocycles. The normalized spacial score (nSPS) is 14.2. The summed E-state index contributed by atoms with van der Waals surface area (Å²) < 4.78 is 7.97. The van der Waals surface area contributed by atoms with Crippen LogP contribution in [0.5, 0.6) is 0 Å². The Labute approximate surface area is 201 Å². The fourth-order valence-electron chi connectivity index (χ4n) is 4.70. The van der Waals surface area contributed by atoms with Gasteiger partial charge in [-0.25, -0.2) is 0 Å². The molecule has 4 rings (SSSR count). The predicted octanol–water partition coefficient (Wildman–Crippen LogP) is 5.55. The predicted molar refractivity (Wildman–Crippen MR) is 133 cm³/mol. The van der Waals surface area contributed by atoms with Crippen LogP contribution in [-0.2, 0) is 13.1 Å². The molecule has 0 aliphatic heterocycles. The molecule has 6 nitrogen and oxygen atoms in total. The van der Waals surface area contributed by atoms with Crippen molar-refractivity contribution in [2.75, 3.05) is 6.54 Å². The number of nitrogens with zero attached hydrogens (tertiary/aromatic N) is 2. The maximum Gasteiger partial charge on any atom is 0.287 e. The van der Waals surface area contributed by atoms with Gasteiger partial charge in [-0.05, 0) is 62.1 Å². The molecule has 1 aromatic carbocycles. The number of benzene rings is 1. The largest absolute Gasteiger partial charge is 0.454 e. The van der Waals surface area contributed by atoms with Crippen LogP contribution in [0.3, 0.4) is 0 Å². The van der Waals surface area contributed by atoms with E-state index in [1.54, 1.807) is 6.07 Å². The molecular formula is C28H35N3O3. The third-order valence-electron chi connectivity index (χ3n) is 6.58. The third-order valence-corrected chi connectivity index (χ3v) is 6.58. The Bertz CT molecular complexity index is 1110. The molecule has 34 heavy (non-hydrogen) atoms. The van der Waals surface area contributed by atoms with E-state index in [0.29, 0.717) is 25.4 Å². The number of furan rings is 1. The van der Waals surface area contributed by atoms with Crippen LogP contribution in [0.15, 0.2) is 59.1 Å². The average Bonchev–Trinajstić information content (AvgIpc) is 3.49. The molecule has 6 heteroatoms. The van der Waals surface area contributed by atoms with E-state index in [2.05, 4.69) is 16.8 Å². The zero-order valence-electron chi connectivity index (χ0n) is 20.3. The minimum absolute atomic E-state index is 0.0485. The van der Waals surface area contributed by atoms with Crippen molar-refractivity contribution in [1.29, 1.82) is 0 Å². The molecule has 3 aromatic rings. The van der Waals surface area contributed by atoms with Gasteiger partial charge in [0.2, 0.25) is 0 Å². The second-order valence-electron chi connectivity index (χ2n) is 9.24. The molecule has 1 N–H and O–H groups in total. The number of amides is 2. The highest BCUT2D eigenvalue weighted by Crippen LogP contribution is 2.19. The number of rotatable bonds is 9. The Kier molecular flexibility index (Phi) is 7.88. The first kappa shape index (κ1) is 23.9. The Morgan fingerprint density at radius 2 is 1.85 bits per heavy atom. The SMILES string of the molecule is CCCN(Cc1cccn1Cc1ccc(C(=O)NC2CCCCC2)o1)C(=O)c1ccccc1C. The minimum Gasteiger partial charge on any atom is -0.454 e. The highest BCUT2D eigenvalue weighted by atomic mass is 16.4. The summed E-state index contributed by atoms with van der Waals surface area (Å²) in [6, 6.07) is 15.6. The number of aromatic nitrogens is 1. The van der Waals surface area contributed by atoms with Crippen molar-refractivity contribution in [3.05, 3.63) is 83.1 Å². The summed E-state index contributed by atoms with van der Waals surface area (Å²) in [5.74, 6) is 0.992. The van der Waals surface area contributed by atoms with Crippen molar-refractivity contribution in [3.8, 4) is 0 Å². The second kappa shape index (κ2) is 11.2. The smallest absolute Gasteiger partial charge is 0.287 e. The third kappa shape index (κ3) is 5.79. The lowest BCUT2D eigenvalue weighted by Crippen LogP contribution is -2.35. The van der Waals surface area contributed by atoms with E-state index in [1.165, 1.54) is 19.3 Å². The molecule has 0 unspecified atom stereocenters. The molecule has 1 saturated carbocycles. The van der Waals surface area contributed by atoms with Crippen molar-refractivity contribution >= 4 is 11.8 Å². The van der Waals surface area contributed by atoms with Crippen LogP contribution in [0.4, 0.5) is 0 Å². The van der Waals surface area contributed by atoms with Gasteiger partial charge in [-0.1, -0.05) is 44.4 Å². The quantitative estimate of drug-likeness (QED) is 0.454. The Hall–Kier alpha value is -3.28. The first-order valence-corrected chi connectivity index (χ1v) is 12.4. The lowest BCUT2D eigenvalue weighted by atomic mass is 9.95. The van der Waals surface area contributed by atoms with E-state index in [9.17, 15) is 9.59 Å². The van der Waals surface area contributed by atoms with Crippen molar-refractivity contribution in [2.45, 2.75) is 71.5 Å². The highest BCUT2D eigenvalue weighted by Gasteiger charge is 2.20. The summed E-state index contributed by atoms with van der Waals surface area (Å²) in [5.41, 5.74) is 2.76. The summed E-state index contributed by atoms with van der Waals surface area (Å²) in [7, 11) is 0. The highest BCUT2D eigenvalue weighted by molar-refractivity contribution is 5.95. The van der Waals surface area contributed by atoms with Crippen molar-refractivity contribution < 1.29 is 14.0 Å². The van der Waals surface area contributed by atoms with Gasteiger partial charge in [-0.2, -0.15) is 0 Å². The molecule has 0 saturated heterocycles. The van der Waals surface area contributed by atoms with Crippen LogP contribution in [-0.4, -0.2) is 33.9 Å². The van der Waals surface area contributed by atoms with Crippen LogP contribution in [0.2, 0.25) is 0 Å². The van der Waals surface area contributed by atoms with Gasteiger partial charge >= 0.3 is 0 Å².